The summed E-state index contributed by atoms with van der Waals surface area (Å²) in [4.78, 5) is 11.5. The molecule has 0 saturated heterocycles. The quantitative estimate of drug-likeness (QED) is 0.854. The molecule has 4 heteroatoms. The molecule has 21 heavy (non-hydrogen) atoms. The van der Waals surface area contributed by atoms with Crippen molar-refractivity contribution in [3.63, 3.8) is 0 Å². The summed E-state index contributed by atoms with van der Waals surface area (Å²) in [5.41, 5.74) is 8.78. The Hall–Kier alpha value is -2.10. The number of nitrogen functional groups attached to an aromatic ring is 1. The van der Waals surface area contributed by atoms with Gasteiger partial charge in [-0.2, -0.15) is 0 Å². The molecule has 0 bridgehead atoms. The van der Waals surface area contributed by atoms with Crippen LogP contribution in [0.15, 0.2) is 30.3 Å². The van der Waals surface area contributed by atoms with Crippen LogP contribution in [0, 0.1) is 6.92 Å². The molecule has 2 aromatic rings. The lowest BCUT2D eigenvalue weighted by Gasteiger charge is -2.23. The van der Waals surface area contributed by atoms with Gasteiger partial charge in [0.1, 0.15) is 11.6 Å². The minimum atomic E-state index is 0.332. The molecule has 0 unspecified atom stereocenters. The summed E-state index contributed by atoms with van der Waals surface area (Å²) in [6, 6.07) is 10.1. The Balaban J connectivity index is 2.26. The van der Waals surface area contributed by atoms with Crippen LogP contribution in [-0.4, -0.2) is 16.5 Å². The number of aryl methyl sites for hydroxylation is 1. The van der Waals surface area contributed by atoms with E-state index >= 15 is 0 Å². The van der Waals surface area contributed by atoms with E-state index in [0.717, 1.165) is 36.1 Å². The van der Waals surface area contributed by atoms with Crippen LogP contribution < -0.4 is 10.6 Å². The predicted molar refractivity (Wildman–Crippen MR) is 88.4 cm³/mol. The van der Waals surface area contributed by atoms with Crippen molar-refractivity contribution in [1.82, 2.24) is 9.97 Å². The fourth-order valence-electron chi connectivity index (χ4n) is 2.19. The van der Waals surface area contributed by atoms with Gasteiger partial charge in [-0.05, 0) is 31.5 Å². The van der Waals surface area contributed by atoms with Gasteiger partial charge in [0.15, 0.2) is 0 Å². The zero-order valence-electron chi connectivity index (χ0n) is 13.3. The summed E-state index contributed by atoms with van der Waals surface area (Å²) in [5, 5.41) is 0. The Morgan fingerprint density at radius 3 is 2.38 bits per heavy atom. The maximum atomic E-state index is 5.74. The van der Waals surface area contributed by atoms with Gasteiger partial charge in [0.05, 0.1) is 0 Å². The molecule has 1 heterocycles. The number of nitrogens with zero attached hydrogens (tertiary/aromatic N) is 3. The van der Waals surface area contributed by atoms with Gasteiger partial charge >= 0.3 is 0 Å². The second kappa shape index (κ2) is 6.57. The molecule has 112 valence electrons. The summed E-state index contributed by atoms with van der Waals surface area (Å²) in [7, 11) is 0. The SMILES string of the molecule is CCN(Cc1ccc(N)cc1)c1cc(C)nc(C(C)C)n1. The molecule has 2 rings (SSSR count). The molecule has 0 aliphatic carbocycles. The fourth-order valence-corrected chi connectivity index (χ4v) is 2.19. The number of hydrogen-bond donors (Lipinski definition) is 1. The molecule has 0 atom stereocenters. The van der Waals surface area contributed by atoms with Crippen molar-refractivity contribution in [1.29, 1.82) is 0 Å². The first-order chi connectivity index (χ1) is 9.99. The lowest BCUT2D eigenvalue weighted by molar-refractivity contribution is 0.741. The van der Waals surface area contributed by atoms with Crippen molar-refractivity contribution in [3.05, 3.63) is 47.4 Å². The molecule has 0 spiro atoms. The van der Waals surface area contributed by atoms with Gasteiger partial charge in [-0.1, -0.05) is 26.0 Å². The normalized spacial score (nSPS) is 10.9. The number of hydrogen-bond acceptors (Lipinski definition) is 4. The van der Waals surface area contributed by atoms with Gasteiger partial charge < -0.3 is 10.6 Å². The molecule has 1 aromatic heterocycles. The highest BCUT2D eigenvalue weighted by Gasteiger charge is 2.11. The Labute approximate surface area is 127 Å². The Bertz CT molecular complexity index is 590. The average molecular weight is 284 g/mol. The maximum Gasteiger partial charge on any atom is 0.133 e. The van der Waals surface area contributed by atoms with Crippen LogP contribution in [0.5, 0.6) is 0 Å². The number of aromatic nitrogens is 2. The van der Waals surface area contributed by atoms with Gasteiger partial charge in [-0.15, -0.1) is 0 Å². The first-order valence-electron chi connectivity index (χ1n) is 7.44. The predicted octanol–water partition coefficient (Wildman–Crippen LogP) is 3.52. The van der Waals surface area contributed by atoms with E-state index in [2.05, 4.69) is 42.8 Å². The summed E-state index contributed by atoms with van der Waals surface area (Å²) < 4.78 is 0. The third-order valence-corrected chi connectivity index (χ3v) is 3.43. The molecule has 0 radical (unpaired) electrons. The minimum absolute atomic E-state index is 0.332. The number of anilines is 2. The third kappa shape index (κ3) is 3.94. The molecule has 0 fully saturated rings. The van der Waals surface area contributed by atoms with Crippen LogP contribution in [0.2, 0.25) is 0 Å². The van der Waals surface area contributed by atoms with Crippen molar-refractivity contribution in [2.24, 2.45) is 0 Å². The lowest BCUT2D eigenvalue weighted by atomic mass is 10.2. The van der Waals surface area contributed by atoms with Crippen LogP contribution in [0.4, 0.5) is 11.5 Å². The number of nitrogens with two attached hydrogens (primary N) is 1. The maximum absolute atomic E-state index is 5.74. The highest BCUT2D eigenvalue weighted by atomic mass is 15.2. The third-order valence-electron chi connectivity index (χ3n) is 3.43. The smallest absolute Gasteiger partial charge is 0.133 e. The van der Waals surface area contributed by atoms with Crippen molar-refractivity contribution in [3.8, 4) is 0 Å². The van der Waals surface area contributed by atoms with Crippen molar-refractivity contribution < 1.29 is 0 Å². The molecule has 1 aromatic carbocycles. The minimum Gasteiger partial charge on any atom is -0.399 e. The highest BCUT2D eigenvalue weighted by Crippen LogP contribution is 2.19. The molecule has 0 aliphatic heterocycles. The van der Waals surface area contributed by atoms with Gasteiger partial charge in [0.25, 0.3) is 0 Å². The number of rotatable bonds is 5. The van der Waals surface area contributed by atoms with Crippen molar-refractivity contribution >= 4 is 11.5 Å². The topological polar surface area (TPSA) is 55.0 Å². The molecule has 0 saturated carbocycles. The molecular weight excluding hydrogens is 260 g/mol. The Morgan fingerprint density at radius 1 is 1.14 bits per heavy atom. The van der Waals surface area contributed by atoms with Gasteiger partial charge in [-0.3, -0.25) is 0 Å². The van der Waals surface area contributed by atoms with E-state index in [-0.39, 0.29) is 0 Å². The average Bonchev–Trinajstić information content (AvgIpc) is 2.46. The van der Waals surface area contributed by atoms with Crippen LogP contribution in [0.25, 0.3) is 0 Å². The van der Waals surface area contributed by atoms with E-state index in [9.17, 15) is 0 Å². The fraction of sp³-hybridized carbons (Fsp3) is 0.412. The number of benzene rings is 1. The zero-order valence-corrected chi connectivity index (χ0v) is 13.3. The van der Waals surface area contributed by atoms with E-state index in [4.69, 9.17) is 10.7 Å². The highest BCUT2D eigenvalue weighted by molar-refractivity contribution is 5.43. The first-order valence-corrected chi connectivity index (χ1v) is 7.44. The standard InChI is InChI=1S/C17H24N4/c1-5-21(11-14-6-8-15(18)9-7-14)16-10-13(4)19-17(20-16)12(2)3/h6-10,12H,5,11,18H2,1-4H3. The second-order valence-corrected chi connectivity index (χ2v) is 5.64. The lowest BCUT2D eigenvalue weighted by Crippen LogP contribution is -2.24. The van der Waals surface area contributed by atoms with E-state index in [1.165, 1.54) is 5.56 Å². The van der Waals surface area contributed by atoms with Crippen LogP contribution >= 0.6 is 0 Å². The van der Waals surface area contributed by atoms with Gasteiger partial charge in [0, 0.05) is 36.5 Å². The van der Waals surface area contributed by atoms with Crippen LogP contribution in [0.1, 0.15) is 43.8 Å². The summed E-state index contributed by atoms with van der Waals surface area (Å²) in [5.74, 6) is 2.23. The Kier molecular flexibility index (Phi) is 4.78. The van der Waals surface area contributed by atoms with E-state index < -0.39 is 0 Å². The van der Waals surface area contributed by atoms with Gasteiger partial charge in [-0.25, -0.2) is 9.97 Å². The van der Waals surface area contributed by atoms with Crippen molar-refractivity contribution in [2.75, 3.05) is 17.2 Å². The molecule has 4 nitrogen and oxygen atoms in total. The summed E-state index contributed by atoms with van der Waals surface area (Å²) >= 11 is 0. The van der Waals surface area contributed by atoms with Crippen molar-refractivity contribution in [2.45, 2.75) is 40.2 Å². The zero-order chi connectivity index (χ0) is 15.4. The van der Waals surface area contributed by atoms with E-state index in [1.807, 2.05) is 25.1 Å². The first kappa shape index (κ1) is 15.3. The molecular formula is C17H24N4. The summed E-state index contributed by atoms with van der Waals surface area (Å²) in [6.07, 6.45) is 0. The van der Waals surface area contributed by atoms with E-state index in [1.54, 1.807) is 0 Å². The molecule has 0 aliphatic rings. The van der Waals surface area contributed by atoms with Crippen LogP contribution in [-0.2, 0) is 6.54 Å². The monoisotopic (exact) mass is 284 g/mol. The molecule has 0 amide bonds. The van der Waals surface area contributed by atoms with Gasteiger partial charge in [0.2, 0.25) is 0 Å². The summed E-state index contributed by atoms with van der Waals surface area (Å²) in [6.45, 7) is 10.1. The largest absolute Gasteiger partial charge is 0.399 e. The Morgan fingerprint density at radius 2 is 1.81 bits per heavy atom. The van der Waals surface area contributed by atoms with E-state index in [0.29, 0.717) is 5.92 Å². The molecule has 2 N–H and O–H groups in total. The van der Waals surface area contributed by atoms with Crippen LogP contribution in [0.3, 0.4) is 0 Å². The second-order valence-electron chi connectivity index (χ2n) is 5.64.